The van der Waals surface area contributed by atoms with Gasteiger partial charge >= 0.3 is 5.97 Å². The molecule has 0 fully saturated rings. The largest absolute Gasteiger partial charge is 0.508 e. The van der Waals surface area contributed by atoms with E-state index in [1.807, 2.05) is 0 Å². The molecule has 1 aromatic carbocycles. The number of amides is 3. The maximum Gasteiger partial charge on any atom is 0.322 e. The van der Waals surface area contributed by atoms with E-state index in [0.717, 1.165) is 0 Å². The van der Waals surface area contributed by atoms with Crippen LogP contribution in [0.25, 0.3) is 0 Å². The molecule has 12 nitrogen and oxygen atoms in total. The minimum atomic E-state index is -1.24. The van der Waals surface area contributed by atoms with Crippen LogP contribution in [0.1, 0.15) is 18.2 Å². The van der Waals surface area contributed by atoms with Crippen LogP contribution in [0.3, 0.4) is 0 Å². The van der Waals surface area contributed by atoms with Crippen LogP contribution >= 0.6 is 0 Å². The van der Waals surface area contributed by atoms with Gasteiger partial charge in [-0.05, 0) is 24.6 Å². The summed E-state index contributed by atoms with van der Waals surface area (Å²) >= 11 is 0. The van der Waals surface area contributed by atoms with Crippen LogP contribution in [0.2, 0.25) is 0 Å². The topological polar surface area (TPSA) is 200 Å². The van der Waals surface area contributed by atoms with E-state index < -0.39 is 48.4 Å². The van der Waals surface area contributed by atoms with Gasteiger partial charge in [-0.2, -0.15) is 0 Å². The van der Waals surface area contributed by atoms with Crippen molar-refractivity contribution < 1.29 is 29.4 Å². The van der Waals surface area contributed by atoms with Crippen LogP contribution in [-0.2, 0) is 32.0 Å². The molecule has 172 valence electrons. The zero-order valence-electron chi connectivity index (χ0n) is 17.4. The van der Waals surface area contributed by atoms with Gasteiger partial charge in [0, 0.05) is 24.7 Å². The minimum absolute atomic E-state index is 0.0182. The lowest BCUT2D eigenvalue weighted by molar-refractivity contribution is -0.138. The highest BCUT2D eigenvalue weighted by Crippen LogP contribution is 2.12. The SMILES string of the molecule is CC(N)C(=O)NC(Cc1ccc(O)cc1)C(=O)NC(Cc1cnc[nH]1)C(=O)NCC(=O)O. The number of carboxylic acids is 1. The molecule has 3 amide bonds. The molecule has 8 N–H and O–H groups in total. The molecule has 0 saturated heterocycles. The Morgan fingerprint density at radius 2 is 1.66 bits per heavy atom. The van der Waals surface area contributed by atoms with Gasteiger partial charge in [0.25, 0.3) is 0 Å². The quantitative estimate of drug-likeness (QED) is 0.214. The molecule has 0 spiro atoms. The third-order valence-corrected chi connectivity index (χ3v) is 4.45. The van der Waals surface area contributed by atoms with Crippen LogP contribution in [0.15, 0.2) is 36.8 Å². The molecule has 12 heteroatoms. The normalized spacial score (nSPS) is 13.4. The van der Waals surface area contributed by atoms with Gasteiger partial charge in [-0.15, -0.1) is 0 Å². The van der Waals surface area contributed by atoms with Crippen molar-refractivity contribution in [2.45, 2.75) is 37.9 Å². The number of nitrogens with one attached hydrogen (secondary N) is 4. The predicted molar refractivity (Wildman–Crippen MR) is 112 cm³/mol. The Hall–Kier alpha value is -3.93. The van der Waals surface area contributed by atoms with Crippen molar-refractivity contribution >= 4 is 23.7 Å². The number of nitrogens with zero attached hydrogens (tertiary/aromatic N) is 1. The highest BCUT2D eigenvalue weighted by molar-refractivity contribution is 5.93. The monoisotopic (exact) mass is 446 g/mol. The summed E-state index contributed by atoms with van der Waals surface area (Å²) in [4.78, 5) is 55.1. The molecule has 0 radical (unpaired) electrons. The average molecular weight is 446 g/mol. The molecule has 0 bridgehead atoms. The molecule has 32 heavy (non-hydrogen) atoms. The first-order valence-electron chi connectivity index (χ1n) is 9.76. The van der Waals surface area contributed by atoms with Crippen LogP contribution in [0.4, 0.5) is 0 Å². The highest BCUT2D eigenvalue weighted by atomic mass is 16.4. The number of carbonyl (C=O) groups excluding carboxylic acids is 3. The molecule has 0 aliphatic carbocycles. The van der Waals surface area contributed by atoms with Crippen molar-refractivity contribution in [3.05, 3.63) is 48.0 Å². The summed E-state index contributed by atoms with van der Waals surface area (Å²) in [7, 11) is 0. The second-order valence-corrected chi connectivity index (χ2v) is 7.17. The molecule has 2 aromatic rings. The zero-order valence-corrected chi connectivity index (χ0v) is 17.4. The number of rotatable bonds is 11. The molecule has 0 aliphatic heterocycles. The second-order valence-electron chi connectivity index (χ2n) is 7.17. The van der Waals surface area contributed by atoms with Crippen LogP contribution < -0.4 is 21.7 Å². The van der Waals surface area contributed by atoms with E-state index in [0.29, 0.717) is 11.3 Å². The number of aromatic amines is 1. The Kier molecular flexibility index (Phi) is 8.72. The number of carboxylic acid groups (broad SMARTS) is 1. The molecule has 1 heterocycles. The van der Waals surface area contributed by atoms with E-state index >= 15 is 0 Å². The number of aliphatic carboxylic acids is 1. The van der Waals surface area contributed by atoms with Crippen molar-refractivity contribution in [1.29, 1.82) is 0 Å². The summed E-state index contributed by atoms with van der Waals surface area (Å²) in [6.07, 6.45) is 2.96. The summed E-state index contributed by atoms with van der Waals surface area (Å²) in [5, 5.41) is 25.6. The van der Waals surface area contributed by atoms with E-state index in [2.05, 4.69) is 25.9 Å². The number of hydrogen-bond donors (Lipinski definition) is 7. The van der Waals surface area contributed by atoms with E-state index in [1.165, 1.54) is 31.6 Å². The average Bonchev–Trinajstić information content (AvgIpc) is 3.25. The van der Waals surface area contributed by atoms with Crippen molar-refractivity contribution in [3.63, 3.8) is 0 Å². The number of benzene rings is 1. The highest BCUT2D eigenvalue weighted by Gasteiger charge is 2.28. The first-order valence-corrected chi connectivity index (χ1v) is 9.76. The fourth-order valence-corrected chi connectivity index (χ4v) is 2.76. The molecule has 0 saturated carbocycles. The molecule has 0 aliphatic rings. The first kappa shape index (κ1) is 24.3. The van der Waals surface area contributed by atoms with Gasteiger partial charge in [0.2, 0.25) is 17.7 Å². The van der Waals surface area contributed by atoms with Gasteiger partial charge < -0.3 is 36.9 Å². The summed E-state index contributed by atoms with van der Waals surface area (Å²) in [5.41, 5.74) is 6.78. The van der Waals surface area contributed by atoms with E-state index in [4.69, 9.17) is 10.8 Å². The molecule has 2 rings (SSSR count). The van der Waals surface area contributed by atoms with Crippen LogP contribution in [0, 0.1) is 0 Å². The lowest BCUT2D eigenvalue weighted by Crippen LogP contribution is -2.56. The third-order valence-electron chi connectivity index (χ3n) is 4.45. The molecular formula is C20H26N6O6. The Morgan fingerprint density at radius 3 is 2.22 bits per heavy atom. The third kappa shape index (κ3) is 7.72. The Labute approximate surface area is 183 Å². The Morgan fingerprint density at radius 1 is 1.03 bits per heavy atom. The Balaban J connectivity index is 2.19. The number of aromatic nitrogens is 2. The lowest BCUT2D eigenvalue weighted by Gasteiger charge is -2.23. The number of phenols is 1. The number of imidazole rings is 1. The molecule has 1 aromatic heterocycles. The van der Waals surface area contributed by atoms with Gasteiger partial charge in [0.05, 0.1) is 12.4 Å². The van der Waals surface area contributed by atoms with Crippen molar-refractivity contribution in [1.82, 2.24) is 25.9 Å². The Bertz CT molecular complexity index is 929. The maximum absolute atomic E-state index is 13.0. The number of H-pyrrole nitrogens is 1. The van der Waals surface area contributed by atoms with Crippen molar-refractivity contribution in [3.8, 4) is 5.75 Å². The van der Waals surface area contributed by atoms with Crippen molar-refractivity contribution in [2.75, 3.05) is 6.54 Å². The van der Waals surface area contributed by atoms with Gasteiger partial charge in [-0.1, -0.05) is 12.1 Å². The van der Waals surface area contributed by atoms with E-state index in [9.17, 15) is 24.3 Å². The van der Waals surface area contributed by atoms with E-state index in [1.54, 1.807) is 12.1 Å². The molecule has 3 unspecified atom stereocenters. The fraction of sp³-hybridized carbons (Fsp3) is 0.350. The maximum atomic E-state index is 13.0. The number of hydrogen-bond acceptors (Lipinski definition) is 7. The standard InChI is InChI=1S/C20H26N6O6/c1-11(21)18(30)25-15(6-12-2-4-14(27)5-3-12)20(32)26-16(7-13-8-22-10-24-13)19(31)23-9-17(28)29/h2-5,8,10-11,15-16,27H,6-7,9,21H2,1H3,(H,22,24)(H,23,31)(H,25,30)(H,26,32)(H,28,29). The smallest absolute Gasteiger partial charge is 0.322 e. The van der Waals surface area contributed by atoms with Gasteiger partial charge in [-0.25, -0.2) is 4.98 Å². The molecule has 3 atom stereocenters. The first-order chi connectivity index (χ1) is 15.2. The summed E-state index contributed by atoms with van der Waals surface area (Å²) in [5.74, 6) is -3.13. The predicted octanol–water partition coefficient (Wildman–Crippen LogP) is -1.58. The van der Waals surface area contributed by atoms with E-state index in [-0.39, 0.29) is 18.6 Å². The van der Waals surface area contributed by atoms with Crippen LogP contribution in [-0.4, -0.2) is 68.5 Å². The summed E-state index contributed by atoms with van der Waals surface area (Å²) in [6, 6.07) is 3.00. The minimum Gasteiger partial charge on any atom is -0.508 e. The second kappa shape index (κ2) is 11.5. The molecular weight excluding hydrogens is 420 g/mol. The fourth-order valence-electron chi connectivity index (χ4n) is 2.76. The van der Waals surface area contributed by atoms with Gasteiger partial charge in [-0.3, -0.25) is 19.2 Å². The number of aromatic hydroxyl groups is 1. The lowest BCUT2D eigenvalue weighted by atomic mass is 10.0. The van der Waals surface area contributed by atoms with Crippen molar-refractivity contribution in [2.24, 2.45) is 5.73 Å². The summed E-state index contributed by atoms with van der Waals surface area (Å²) < 4.78 is 0. The van der Waals surface area contributed by atoms with Crippen LogP contribution in [0.5, 0.6) is 5.75 Å². The van der Waals surface area contributed by atoms with Gasteiger partial charge in [0.1, 0.15) is 24.4 Å². The number of nitrogens with two attached hydrogens (primary N) is 1. The summed E-state index contributed by atoms with van der Waals surface area (Å²) in [6.45, 7) is 0.845. The zero-order chi connectivity index (χ0) is 23.7. The number of carbonyl (C=O) groups is 4. The van der Waals surface area contributed by atoms with Gasteiger partial charge in [0.15, 0.2) is 0 Å². The number of phenolic OH excluding ortho intramolecular Hbond substituents is 1.